The number of rotatable bonds is 7. The molecule has 1 aliphatic rings. The van der Waals surface area contributed by atoms with Crippen LogP contribution in [0.5, 0.6) is 5.75 Å². The topological polar surface area (TPSA) is 41.5 Å². The molecule has 0 bridgehead atoms. The van der Waals surface area contributed by atoms with E-state index >= 15 is 0 Å². The Balaban J connectivity index is 1.60. The highest BCUT2D eigenvalue weighted by molar-refractivity contribution is 5.37. The van der Waals surface area contributed by atoms with Crippen molar-refractivity contribution in [3.8, 4) is 5.75 Å². The fourth-order valence-electron chi connectivity index (χ4n) is 2.17. The summed E-state index contributed by atoms with van der Waals surface area (Å²) in [5.41, 5.74) is 1.32. The van der Waals surface area contributed by atoms with Gasteiger partial charge in [0, 0.05) is 19.6 Å². The van der Waals surface area contributed by atoms with Crippen LogP contribution in [0.2, 0.25) is 0 Å². The number of para-hydroxylation sites is 1. The van der Waals surface area contributed by atoms with Crippen LogP contribution in [0.25, 0.3) is 0 Å². The monoisotopic (exact) mass is 235 g/mol. The summed E-state index contributed by atoms with van der Waals surface area (Å²) in [7, 11) is 0. The summed E-state index contributed by atoms with van der Waals surface area (Å²) in [6.07, 6.45) is 4.42. The lowest BCUT2D eigenvalue weighted by Gasteiger charge is -2.11. The lowest BCUT2D eigenvalue weighted by Crippen LogP contribution is -2.30. The molecule has 0 saturated carbocycles. The highest BCUT2D eigenvalue weighted by atomic mass is 16.5. The first kappa shape index (κ1) is 12.4. The van der Waals surface area contributed by atoms with E-state index in [0.29, 0.717) is 6.61 Å². The van der Waals surface area contributed by atoms with Gasteiger partial charge in [-0.1, -0.05) is 18.2 Å². The summed E-state index contributed by atoms with van der Waals surface area (Å²) in [6.45, 7) is 2.23. The van der Waals surface area contributed by atoms with Gasteiger partial charge in [0.25, 0.3) is 0 Å². The quantitative estimate of drug-likeness (QED) is 0.707. The number of nitrogens with one attached hydrogen (secondary N) is 1. The van der Waals surface area contributed by atoms with Gasteiger partial charge >= 0.3 is 0 Å². The molecule has 1 heterocycles. The molecule has 17 heavy (non-hydrogen) atoms. The van der Waals surface area contributed by atoms with Gasteiger partial charge in [-0.05, 0) is 37.4 Å². The average molecular weight is 235 g/mol. The molecule has 94 valence electrons. The Morgan fingerprint density at radius 3 is 2.94 bits per heavy atom. The Bertz CT molecular complexity index is 316. The van der Waals surface area contributed by atoms with Gasteiger partial charge in [0.15, 0.2) is 0 Å². The van der Waals surface area contributed by atoms with Crippen molar-refractivity contribution in [2.75, 3.05) is 19.7 Å². The maximum absolute atomic E-state index is 8.66. The van der Waals surface area contributed by atoms with Gasteiger partial charge in [-0.2, -0.15) is 0 Å². The zero-order chi connectivity index (χ0) is 11.9. The number of unbranched alkanes of at least 4 members (excludes halogenated alkanes) is 2. The van der Waals surface area contributed by atoms with E-state index in [0.717, 1.165) is 44.5 Å². The summed E-state index contributed by atoms with van der Waals surface area (Å²) in [4.78, 5) is 0. The second-order valence-electron chi connectivity index (χ2n) is 4.54. The third-order valence-electron chi connectivity index (χ3n) is 3.10. The number of hydrogen-bond acceptors (Lipinski definition) is 3. The molecule has 0 saturated heterocycles. The van der Waals surface area contributed by atoms with Gasteiger partial charge in [-0.15, -0.1) is 0 Å². The van der Waals surface area contributed by atoms with E-state index in [-0.39, 0.29) is 6.10 Å². The van der Waals surface area contributed by atoms with Gasteiger partial charge in [0.1, 0.15) is 11.9 Å². The SMILES string of the molecule is OCCCCCNCC1Cc2ccccc2O1. The van der Waals surface area contributed by atoms with Gasteiger partial charge in [-0.3, -0.25) is 0 Å². The Hall–Kier alpha value is -1.06. The average Bonchev–Trinajstić information content (AvgIpc) is 2.76. The van der Waals surface area contributed by atoms with Crippen LogP contribution < -0.4 is 10.1 Å². The zero-order valence-corrected chi connectivity index (χ0v) is 10.2. The van der Waals surface area contributed by atoms with E-state index in [1.165, 1.54) is 5.56 Å². The van der Waals surface area contributed by atoms with Gasteiger partial charge in [0.05, 0.1) is 0 Å². The first-order chi connectivity index (χ1) is 8.40. The molecule has 0 aliphatic carbocycles. The molecular weight excluding hydrogens is 214 g/mol. The van der Waals surface area contributed by atoms with Crippen LogP contribution in [0.4, 0.5) is 0 Å². The highest BCUT2D eigenvalue weighted by Gasteiger charge is 2.21. The van der Waals surface area contributed by atoms with Crippen molar-refractivity contribution in [3.63, 3.8) is 0 Å². The molecule has 2 N–H and O–H groups in total. The summed E-state index contributed by atoms with van der Waals surface area (Å²) in [5.74, 6) is 1.04. The summed E-state index contributed by atoms with van der Waals surface area (Å²) >= 11 is 0. The third kappa shape index (κ3) is 3.72. The number of aliphatic hydroxyl groups is 1. The number of aliphatic hydroxyl groups excluding tert-OH is 1. The molecule has 1 aliphatic heterocycles. The Morgan fingerprint density at radius 1 is 1.24 bits per heavy atom. The molecular formula is C14H21NO2. The lowest BCUT2D eigenvalue weighted by atomic mass is 10.1. The van der Waals surface area contributed by atoms with Crippen molar-refractivity contribution >= 4 is 0 Å². The van der Waals surface area contributed by atoms with Crippen molar-refractivity contribution in [1.29, 1.82) is 0 Å². The molecule has 1 unspecified atom stereocenters. The Morgan fingerprint density at radius 2 is 2.12 bits per heavy atom. The molecule has 3 heteroatoms. The van der Waals surface area contributed by atoms with E-state index < -0.39 is 0 Å². The van der Waals surface area contributed by atoms with Crippen molar-refractivity contribution in [3.05, 3.63) is 29.8 Å². The highest BCUT2D eigenvalue weighted by Crippen LogP contribution is 2.27. The third-order valence-corrected chi connectivity index (χ3v) is 3.10. The Labute approximate surface area is 103 Å². The lowest BCUT2D eigenvalue weighted by molar-refractivity contribution is 0.227. The van der Waals surface area contributed by atoms with Gasteiger partial charge < -0.3 is 15.2 Å². The first-order valence-corrected chi connectivity index (χ1v) is 6.46. The first-order valence-electron chi connectivity index (χ1n) is 6.46. The predicted octanol–water partition coefficient (Wildman–Crippen LogP) is 1.74. The molecule has 2 rings (SSSR count). The fraction of sp³-hybridized carbons (Fsp3) is 0.571. The minimum Gasteiger partial charge on any atom is -0.488 e. The van der Waals surface area contributed by atoms with Crippen LogP contribution >= 0.6 is 0 Å². The van der Waals surface area contributed by atoms with Crippen molar-refractivity contribution in [2.45, 2.75) is 31.8 Å². The van der Waals surface area contributed by atoms with E-state index in [1.807, 2.05) is 12.1 Å². The molecule has 1 aromatic rings. The molecule has 3 nitrogen and oxygen atoms in total. The van der Waals surface area contributed by atoms with E-state index in [1.54, 1.807) is 0 Å². The van der Waals surface area contributed by atoms with E-state index in [2.05, 4.69) is 17.4 Å². The second-order valence-corrected chi connectivity index (χ2v) is 4.54. The van der Waals surface area contributed by atoms with E-state index in [9.17, 15) is 0 Å². The van der Waals surface area contributed by atoms with E-state index in [4.69, 9.17) is 9.84 Å². The van der Waals surface area contributed by atoms with Crippen LogP contribution in [0.3, 0.4) is 0 Å². The minimum absolute atomic E-state index is 0.283. The maximum atomic E-state index is 8.66. The zero-order valence-electron chi connectivity index (χ0n) is 10.2. The van der Waals surface area contributed by atoms with Crippen molar-refractivity contribution in [1.82, 2.24) is 5.32 Å². The fourth-order valence-corrected chi connectivity index (χ4v) is 2.17. The number of ether oxygens (including phenoxy) is 1. The minimum atomic E-state index is 0.283. The van der Waals surface area contributed by atoms with Crippen molar-refractivity contribution < 1.29 is 9.84 Å². The van der Waals surface area contributed by atoms with Crippen molar-refractivity contribution in [2.24, 2.45) is 0 Å². The van der Waals surface area contributed by atoms with Crippen LogP contribution in [0.1, 0.15) is 24.8 Å². The molecule has 1 aromatic carbocycles. The predicted molar refractivity (Wildman–Crippen MR) is 68.4 cm³/mol. The van der Waals surface area contributed by atoms with Gasteiger partial charge in [-0.25, -0.2) is 0 Å². The molecule has 0 fully saturated rings. The normalized spacial score (nSPS) is 17.8. The number of fused-ring (bicyclic) bond motifs is 1. The summed E-state index contributed by atoms with van der Waals surface area (Å²) in [5, 5.41) is 12.1. The smallest absolute Gasteiger partial charge is 0.123 e. The van der Waals surface area contributed by atoms with Crippen LogP contribution in [0.15, 0.2) is 24.3 Å². The van der Waals surface area contributed by atoms with Crippen LogP contribution in [-0.2, 0) is 6.42 Å². The molecule has 0 spiro atoms. The number of benzene rings is 1. The van der Waals surface area contributed by atoms with Crippen LogP contribution in [0, 0.1) is 0 Å². The van der Waals surface area contributed by atoms with Crippen LogP contribution in [-0.4, -0.2) is 30.9 Å². The maximum Gasteiger partial charge on any atom is 0.123 e. The molecule has 0 aromatic heterocycles. The summed E-state index contributed by atoms with van der Waals surface area (Å²) < 4.78 is 5.83. The standard InChI is InChI=1S/C14H21NO2/c16-9-5-1-4-8-15-11-13-10-12-6-2-3-7-14(12)17-13/h2-3,6-7,13,15-16H,1,4-5,8-11H2. The molecule has 0 amide bonds. The molecule has 1 atom stereocenters. The Kier molecular flexibility index (Phi) is 4.83. The molecule has 0 radical (unpaired) electrons. The van der Waals surface area contributed by atoms with Gasteiger partial charge in [0.2, 0.25) is 0 Å². The second kappa shape index (κ2) is 6.62. The summed E-state index contributed by atoms with van der Waals surface area (Å²) in [6, 6.07) is 8.25. The number of hydrogen-bond donors (Lipinski definition) is 2. The largest absolute Gasteiger partial charge is 0.488 e.